The summed E-state index contributed by atoms with van der Waals surface area (Å²) < 4.78 is 5.67. The topological polar surface area (TPSA) is 58.6 Å². The predicted molar refractivity (Wildman–Crippen MR) is 66.9 cm³/mol. The fourth-order valence-corrected chi connectivity index (χ4v) is 3.01. The van der Waals surface area contributed by atoms with E-state index in [1.807, 2.05) is 6.92 Å². The monoisotopic (exact) mass is 254 g/mol. The molecule has 1 aliphatic carbocycles. The first-order chi connectivity index (χ1) is 8.39. The molecule has 0 spiro atoms. The minimum Gasteiger partial charge on any atom is -0.378 e. The first-order valence-electron chi connectivity index (χ1n) is 6.60. The highest BCUT2D eigenvalue weighted by Gasteiger charge is 2.54. The van der Waals surface area contributed by atoms with Crippen molar-refractivity contribution in [1.82, 2.24) is 10.2 Å². The van der Waals surface area contributed by atoms with Crippen molar-refractivity contribution in [3.63, 3.8) is 0 Å². The van der Waals surface area contributed by atoms with E-state index >= 15 is 0 Å². The number of nitrogens with zero attached hydrogens (tertiary/aromatic N) is 1. The largest absolute Gasteiger partial charge is 0.378 e. The number of amides is 2. The molecule has 5 heteroatoms. The Bertz CT molecular complexity index is 367. The molecule has 5 nitrogen and oxygen atoms in total. The summed E-state index contributed by atoms with van der Waals surface area (Å²) in [5, 5.41) is 2.62. The van der Waals surface area contributed by atoms with Crippen molar-refractivity contribution >= 4 is 11.8 Å². The Kier molecular flexibility index (Phi) is 3.36. The number of nitrogens with one attached hydrogen (secondary N) is 1. The van der Waals surface area contributed by atoms with Crippen LogP contribution in [-0.2, 0) is 14.3 Å². The summed E-state index contributed by atoms with van der Waals surface area (Å²) in [6.07, 6.45) is 1.00. The highest BCUT2D eigenvalue weighted by Crippen LogP contribution is 2.46. The maximum Gasteiger partial charge on any atom is 0.242 e. The van der Waals surface area contributed by atoms with Gasteiger partial charge in [-0.05, 0) is 20.3 Å². The van der Waals surface area contributed by atoms with E-state index in [0.717, 1.165) is 6.42 Å². The van der Waals surface area contributed by atoms with Crippen LogP contribution >= 0.6 is 0 Å². The van der Waals surface area contributed by atoms with E-state index in [2.05, 4.69) is 19.2 Å². The maximum atomic E-state index is 12.0. The quantitative estimate of drug-likeness (QED) is 0.799. The Balaban J connectivity index is 2.12. The van der Waals surface area contributed by atoms with Crippen molar-refractivity contribution in [3.05, 3.63) is 0 Å². The van der Waals surface area contributed by atoms with Gasteiger partial charge >= 0.3 is 0 Å². The smallest absolute Gasteiger partial charge is 0.242 e. The molecule has 1 aliphatic heterocycles. The van der Waals surface area contributed by atoms with Gasteiger partial charge in [-0.25, -0.2) is 0 Å². The number of carbonyl (C=O) groups excluding carboxylic acids is 2. The first-order valence-corrected chi connectivity index (χ1v) is 6.60. The van der Waals surface area contributed by atoms with Gasteiger partial charge in [0.1, 0.15) is 6.04 Å². The molecule has 1 N–H and O–H groups in total. The normalized spacial score (nSPS) is 35.1. The predicted octanol–water partition coefficient (Wildman–Crippen LogP) is 0.537. The standard InChI is InChI=1S/C13H22N2O3/c1-5-18-10-6-9(13(10,3)4)15-8(2)12(17)14-7-11(15)16/h8-10H,5-7H2,1-4H3,(H,14,17). The van der Waals surface area contributed by atoms with Gasteiger partial charge in [0, 0.05) is 18.1 Å². The third kappa shape index (κ3) is 1.90. The van der Waals surface area contributed by atoms with Crippen LogP contribution in [0, 0.1) is 5.41 Å². The van der Waals surface area contributed by atoms with Crippen LogP contribution in [0.3, 0.4) is 0 Å². The average molecular weight is 254 g/mol. The Morgan fingerprint density at radius 1 is 1.44 bits per heavy atom. The molecule has 1 saturated heterocycles. The lowest BCUT2D eigenvalue weighted by molar-refractivity contribution is -0.178. The third-order valence-corrected chi connectivity index (χ3v) is 4.33. The molecule has 2 fully saturated rings. The van der Waals surface area contributed by atoms with Crippen LogP contribution in [0.1, 0.15) is 34.1 Å². The zero-order valence-electron chi connectivity index (χ0n) is 11.5. The van der Waals surface area contributed by atoms with E-state index in [9.17, 15) is 9.59 Å². The van der Waals surface area contributed by atoms with Crippen molar-refractivity contribution in [2.45, 2.75) is 52.3 Å². The average Bonchev–Trinajstić information content (AvgIpc) is 2.32. The fourth-order valence-electron chi connectivity index (χ4n) is 3.01. The Labute approximate surface area is 108 Å². The van der Waals surface area contributed by atoms with Crippen molar-refractivity contribution in [2.24, 2.45) is 5.41 Å². The van der Waals surface area contributed by atoms with E-state index < -0.39 is 0 Å². The van der Waals surface area contributed by atoms with Gasteiger partial charge in [-0.3, -0.25) is 9.59 Å². The molecule has 3 unspecified atom stereocenters. The van der Waals surface area contributed by atoms with E-state index in [1.54, 1.807) is 11.8 Å². The molecule has 0 radical (unpaired) electrons. The minimum atomic E-state index is -0.377. The van der Waals surface area contributed by atoms with Crippen LogP contribution in [0.15, 0.2) is 0 Å². The highest BCUT2D eigenvalue weighted by molar-refractivity contribution is 5.94. The molecule has 0 bridgehead atoms. The second-order valence-electron chi connectivity index (χ2n) is 5.71. The second kappa shape index (κ2) is 4.53. The summed E-state index contributed by atoms with van der Waals surface area (Å²) in [5.41, 5.74) is -0.0858. The molecule has 1 saturated carbocycles. The Morgan fingerprint density at radius 3 is 2.67 bits per heavy atom. The molecular formula is C13H22N2O3. The number of hydrogen-bond donors (Lipinski definition) is 1. The van der Waals surface area contributed by atoms with Gasteiger partial charge in [0.05, 0.1) is 12.6 Å². The molecule has 0 aromatic heterocycles. The molecular weight excluding hydrogens is 232 g/mol. The van der Waals surface area contributed by atoms with Crippen LogP contribution < -0.4 is 5.32 Å². The third-order valence-electron chi connectivity index (χ3n) is 4.33. The number of ether oxygens (including phenoxy) is 1. The first kappa shape index (κ1) is 13.3. The molecule has 18 heavy (non-hydrogen) atoms. The van der Waals surface area contributed by atoms with Gasteiger partial charge in [0.15, 0.2) is 0 Å². The van der Waals surface area contributed by atoms with Crippen molar-refractivity contribution < 1.29 is 14.3 Å². The molecule has 0 aromatic carbocycles. The summed E-state index contributed by atoms with van der Waals surface area (Å²) in [6, 6.07) is -0.277. The van der Waals surface area contributed by atoms with Crippen LogP contribution in [-0.4, -0.2) is 48.1 Å². The molecule has 2 aliphatic rings. The zero-order chi connectivity index (χ0) is 13.5. The van der Waals surface area contributed by atoms with Gasteiger partial charge < -0.3 is 15.0 Å². The summed E-state index contributed by atoms with van der Waals surface area (Å²) in [6.45, 7) is 8.78. The number of hydrogen-bond acceptors (Lipinski definition) is 3. The van der Waals surface area contributed by atoms with Gasteiger partial charge in [0.25, 0.3) is 0 Å². The molecule has 3 atom stereocenters. The minimum absolute atomic E-state index is 0.00937. The summed E-state index contributed by atoms with van der Waals surface area (Å²) >= 11 is 0. The molecule has 1 heterocycles. The van der Waals surface area contributed by atoms with Gasteiger partial charge in [0.2, 0.25) is 11.8 Å². The molecule has 2 amide bonds. The highest BCUT2D eigenvalue weighted by atomic mass is 16.5. The van der Waals surface area contributed by atoms with Crippen LogP contribution in [0.4, 0.5) is 0 Å². The maximum absolute atomic E-state index is 12.0. The lowest BCUT2D eigenvalue weighted by atomic mass is 9.63. The zero-order valence-corrected chi connectivity index (χ0v) is 11.5. The Morgan fingerprint density at radius 2 is 2.11 bits per heavy atom. The number of rotatable bonds is 3. The molecule has 2 rings (SSSR count). The van der Waals surface area contributed by atoms with Crippen molar-refractivity contribution in [1.29, 1.82) is 0 Å². The summed E-state index contributed by atoms with van der Waals surface area (Å²) in [7, 11) is 0. The van der Waals surface area contributed by atoms with E-state index in [1.165, 1.54) is 0 Å². The van der Waals surface area contributed by atoms with Crippen molar-refractivity contribution in [3.8, 4) is 0 Å². The Hall–Kier alpha value is -1.10. The van der Waals surface area contributed by atoms with Crippen LogP contribution in [0.2, 0.25) is 0 Å². The SMILES string of the molecule is CCOC1CC(N2C(=O)CNC(=O)C2C)C1(C)C. The number of carbonyl (C=O) groups is 2. The summed E-state index contributed by atoms with van der Waals surface area (Å²) in [4.78, 5) is 25.4. The van der Waals surface area contributed by atoms with Crippen LogP contribution in [0.5, 0.6) is 0 Å². The van der Waals surface area contributed by atoms with Crippen molar-refractivity contribution in [2.75, 3.05) is 13.2 Å². The van der Waals surface area contributed by atoms with Crippen LogP contribution in [0.25, 0.3) is 0 Å². The van der Waals surface area contributed by atoms with E-state index in [4.69, 9.17) is 4.74 Å². The molecule has 102 valence electrons. The lowest BCUT2D eigenvalue weighted by Crippen LogP contribution is -2.70. The number of piperazine rings is 1. The van der Waals surface area contributed by atoms with E-state index in [0.29, 0.717) is 6.61 Å². The summed E-state index contributed by atoms with van der Waals surface area (Å²) in [5.74, 6) is -0.0552. The fraction of sp³-hybridized carbons (Fsp3) is 0.846. The van der Waals surface area contributed by atoms with E-state index in [-0.39, 0.29) is 42.0 Å². The second-order valence-corrected chi connectivity index (χ2v) is 5.71. The van der Waals surface area contributed by atoms with Gasteiger partial charge in [-0.15, -0.1) is 0 Å². The van der Waals surface area contributed by atoms with Gasteiger partial charge in [-0.2, -0.15) is 0 Å². The molecule has 0 aromatic rings. The van der Waals surface area contributed by atoms with Gasteiger partial charge in [-0.1, -0.05) is 13.8 Å². The lowest BCUT2D eigenvalue weighted by Gasteiger charge is -2.57.